The van der Waals surface area contributed by atoms with Crippen LogP contribution in [0, 0.1) is 0 Å². The Morgan fingerprint density at radius 2 is 1.94 bits per heavy atom. The van der Waals surface area contributed by atoms with Crippen molar-refractivity contribution in [1.29, 1.82) is 0 Å². The molecule has 2 heterocycles. The van der Waals surface area contributed by atoms with Crippen LogP contribution >= 0.6 is 0 Å². The molecule has 1 aromatic carbocycles. The van der Waals surface area contributed by atoms with Crippen molar-refractivity contribution in [2.75, 3.05) is 13.1 Å². The second kappa shape index (κ2) is 11.9. The number of H-pyrrole nitrogens is 1. The summed E-state index contributed by atoms with van der Waals surface area (Å²) in [6.07, 6.45) is 4.75. The first kappa shape index (κ1) is 24.9. The zero-order valence-electron chi connectivity index (χ0n) is 18.9. The average Bonchev–Trinajstić information content (AvgIpc) is 3.51. The van der Waals surface area contributed by atoms with Gasteiger partial charge in [0.2, 0.25) is 23.6 Å². The summed E-state index contributed by atoms with van der Waals surface area (Å²) in [5.41, 5.74) is 13.0. The number of nitrogens with one attached hydrogen (secondary N) is 3. The van der Waals surface area contributed by atoms with Gasteiger partial charge in [-0.1, -0.05) is 30.3 Å². The molecule has 0 radical (unpaired) electrons. The Kier molecular flexibility index (Phi) is 8.74. The van der Waals surface area contributed by atoms with E-state index in [-0.39, 0.29) is 31.2 Å². The summed E-state index contributed by atoms with van der Waals surface area (Å²) in [5, 5.41) is 5.38. The summed E-state index contributed by atoms with van der Waals surface area (Å²) >= 11 is 0. The Morgan fingerprint density at radius 1 is 1.18 bits per heavy atom. The van der Waals surface area contributed by atoms with Gasteiger partial charge >= 0.3 is 0 Å². The van der Waals surface area contributed by atoms with Gasteiger partial charge in [-0.15, -0.1) is 0 Å². The molecule has 4 amide bonds. The third-order valence-corrected chi connectivity index (χ3v) is 5.76. The first-order valence-electron chi connectivity index (χ1n) is 11.3. The Hall–Kier alpha value is -3.73. The molecule has 7 N–H and O–H groups in total. The minimum Gasteiger partial charge on any atom is -0.368 e. The summed E-state index contributed by atoms with van der Waals surface area (Å²) < 4.78 is 0. The lowest BCUT2D eigenvalue weighted by Crippen LogP contribution is -2.54. The number of primary amides is 1. The highest BCUT2D eigenvalue weighted by atomic mass is 16.2. The number of nitrogens with two attached hydrogens (primary N) is 2. The summed E-state index contributed by atoms with van der Waals surface area (Å²) in [6.45, 7) is 0.475. The molecule has 182 valence electrons. The van der Waals surface area contributed by atoms with Crippen molar-refractivity contribution in [1.82, 2.24) is 25.5 Å². The minimum atomic E-state index is -0.899. The maximum Gasteiger partial charge on any atom is 0.246 e. The zero-order valence-corrected chi connectivity index (χ0v) is 18.9. The summed E-state index contributed by atoms with van der Waals surface area (Å²) in [4.78, 5) is 58.0. The average molecular weight is 470 g/mol. The van der Waals surface area contributed by atoms with Crippen LogP contribution < -0.4 is 22.1 Å². The molecular weight excluding hydrogens is 438 g/mol. The Morgan fingerprint density at radius 3 is 2.62 bits per heavy atom. The third-order valence-electron chi connectivity index (χ3n) is 5.76. The number of rotatable bonds is 11. The quantitative estimate of drug-likeness (QED) is 0.282. The van der Waals surface area contributed by atoms with E-state index in [2.05, 4.69) is 20.6 Å². The third kappa shape index (κ3) is 6.88. The van der Waals surface area contributed by atoms with Crippen LogP contribution in [0.3, 0.4) is 0 Å². The van der Waals surface area contributed by atoms with Gasteiger partial charge < -0.3 is 32.0 Å². The van der Waals surface area contributed by atoms with Crippen LogP contribution in [0.1, 0.15) is 30.5 Å². The molecule has 2 aromatic rings. The van der Waals surface area contributed by atoms with Crippen molar-refractivity contribution in [2.24, 2.45) is 11.5 Å². The normalized spacial score (nSPS) is 17.1. The summed E-state index contributed by atoms with van der Waals surface area (Å²) in [6, 6.07) is 7.10. The Bertz CT molecular complexity index is 980. The molecule has 0 bridgehead atoms. The Labute approximate surface area is 197 Å². The molecule has 3 atom stereocenters. The van der Waals surface area contributed by atoms with Gasteiger partial charge in [0.25, 0.3) is 0 Å². The minimum absolute atomic E-state index is 0.0319. The van der Waals surface area contributed by atoms with Crippen molar-refractivity contribution in [3.8, 4) is 0 Å². The molecule has 11 heteroatoms. The highest BCUT2D eigenvalue weighted by molar-refractivity contribution is 5.92. The second-order valence-electron chi connectivity index (χ2n) is 8.33. The molecule has 1 saturated heterocycles. The van der Waals surface area contributed by atoms with E-state index in [1.54, 1.807) is 6.20 Å². The fraction of sp³-hybridized carbons (Fsp3) is 0.435. The maximum absolute atomic E-state index is 13.1. The van der Waals surface area contributed by atoms with Gasteiger partial charge in [0.05, 0.1) is 12.4 Å². The molecule has 1 aliphatic rings. The van der Waals surface area contributed by atoms with Crippen LogP contribution in [-0.4, -0.2) is 69.7 Å². The number of aromatic amines is 1. The molecule has 1 fully saturated rings. The first-order chi connectivity index (χ1) is 16.3. The van der Waals surface area contributed by atoms with Crippen LogP contribution in [0.5, 0.6) is 0 Å². The van der Waals surface area contributed by atoms with Crippen LogP contribution in [0.15, 0.2) is 42.9 Å². The molecule has 0 spiro atoms. The fourth-order valence-electron chi connectivity index (χ4n) is 4.00. The lowest BCUT2D eigenvalue weighted by molar-refractivity contribution is -0.140. The van der Waals surface area contributed by atoms with E-state index < -0.39 is 29.9 Å². The van der Waals surface area contributed by atoms with Gasteiger partial charge in [0.15, 0.2) is 0 Å². The van der Waals surface area contributed by atoms with Crippen LogP contribution in [0.2, 0.25) is 0 Å². The lowest BCUT2D eigenvalue weighted by atomic mass is 10.1. The van der Waals surface area contributed by atoms with Crippen molar-refractivity contribution < 1.29 is 19.2 Å². The first-order valence-corrected chi connectivity index (χ1v) is 11.3. The van der Waals surface area contributed by atoms with Gasteiger partial charge in [-0.2, -0.15) is 0 Å². The number of carbonyl (C=O) groups excluding carboxylic acids is 4. The van der Waals surface area contributed by atoms with Crippen molar-refractivity contribution in [2.45, 2.75) is 50.2 Å². The van der Waals surface area contributed by atoms with Crippen molar-refractivity contribution in [3.05, 3.63) is 54.1 Å². The Balaban J connectivity index is 1.52. The van der Waals surface area contributed by atoms with E-state index in [0.29, 0.717) is 31.5 Å². The molecule has 11 nitrogen and oxygen atoms in total. The fourth-order valence-corrected chi connectivity index (χ4v) is 4.00. The maximum atomic E-state index is 13.1. The smallest absolute Gasteiger partial charge is 0.246 e. The molecular formula is C23H31N7O4. The molecule has 1 aliphatic heterocycles. The van der Waals surface area contributed by atoms with Gasteiger partial charge in [-0.05, 0) is 24.8 Å². The van der Waals surface area contributed by atoms with Crippen LogP contribution in [-0.2, 0) is 32.0 Å². The molecule has 34 heavy (non-hydrogen) atoms. The second-order valence-corrected chi connectivity index (χ2v) is 8.33. The van der Waals surface area contributed by atoms with Crippen molar-refractivity contribution >= 4 is 23.6 Å². The van der Waals surface area contributed by atoms with Gasteiger partial charge in [0.1, 0.15) is 12.1 Å². The standard InChI is InChI=1S/C23H31N7O4/c24-17(11-15-5-2-1-3-6-15)22(33)27-9-8-20(31)29-18(12-16-13-26-14-28-16)23(34)30-10-4-7-19(30)21(25)32/h1-3,5-6,13-14,17-19H,4,7-12,24H2,(H2,25,32)(H,26,28)(H,27,33)(H,29,31)/t17-,18+,19-/m1/s1. The number of amides is 4. The van der Waals surface area contributed by atoms with E-state index in [1.165, 1.54) is 11.2 Å². The summed E-state index contributed by atoms with van der Waals surface area (Å²) in [5.74, 6) is -1.71. The molecule has 3 rings (SSSR count). The number of hydrogen-bond donors (Lipinski definition) is 5. The molecule has 0 saturated carbocycles. The number of imidazole rings is 1. The van der Waals surface area contributed by atoms with Gasteiger partial charge in [0, 0.05) is 37.8 Å². The predicted molar refractivity (Wildman–Crippen MR) is 124 cm³/mol. The van der Waals surface area contributed by atoms with E-state index in [4.69, 9.17) is 11.5 Å². The SMILES string of the molecule is NC(=O)[C@H]1CCCN1C(=O)[C@H](Cc1cnc[nH]1)NC(=O)CCNC(=O)[C@H](N)Cc1ccccc1. The molecule has 1 aromatic heterocycles. The predicted octanol–water partition coefficient (Wildman–Crippen LogP) is -1.01. The number of benzene rings is 1. The number of likely N-dealkylation sites (tertiary alicyclic amines) is 1. The molecule has 0 unspecified atom stereocenters. The van der Waals surface area contributed by atoms with Gasteiger partial charge in [-0.3, -0.25) is 19.2 Å². The topological polar surface area (TPSA) is 176 Å². The highest BCUT2D eigenvalue weighted by Crippen LogP contribution is 2.19. The van der Waals surface area contributed by atoms with Crippen LogP contribution in [0.25, 0.3) is 0 Å². The lowest BCUT2D eigenvalue weighted by Gasteiger charge is -2.27. The monoisotopic (exact) mass is 469 g/mol. The largest absolute Gasteiger partial charge is 0.368 e. The number of nitrogens with zero attached hydrogens (tertiary/aromatic N) is 2. The van der Waals surface area contributed by atoms with E-state index in [0.717, 1.165) is 5.56 Å². The highest BCUT2D eigenvalue weighted by Gasteiger charge is 2.36. The van der Waals surface area contributed by atoms with E-state index in [1.807, 2.05) is 30.3 Å². The zero-order chi connectivity index (χ0) is 24.5. The van der Waals surface area contributed by atoms with Crippen molar-refractivity contribution in [3.63, 3.8) is 0 Å². The molecule has 0 aliphatic carbocycles. The van der Waals surface area contributed by atoms with Gasteiger partial charge in [-0.25, -0.2) is 4.98 Å². The van der Waals surface area contributed by atoms with E-state index >= 15 is 0 Å². The number of hydrogen-bond acceptors (Lipinski definition) is 6. The number of carbonyl (C=O) groups is 4. The number of aromatic nitrogens is 2. The summed E-state index contributed by atoms with van der Waals surface area (Å²) in [7, 11) is 0. The van der Waals surface area contributed by atoms with Crippen LogP contribution in [0.4, 0.5) is 0 Å². The van der Waals surface area contributed by atoms with E-state index in [9.17, 15) is 19.2 Å².